The summed E-state index contributed by atoms with van der Waals surface area (Å²) in [6, 6.07) is 20.1. The molecule has 1 aliphatic carbocycles. The van der Waals surface area contributed by atoms with Crippen LogP contribution in [0.15, 0.2) is 76.1 Å². The number of carbonyl (C=O) groups is 1. The average molecular weight is 521 g/mol. The summed E-state index contributed by atoms with van der Waals surface area (Å²) in [5.74, 6) is -0.0371. The Kier molecular flexibility index (Phi) is 6.10. The molecule has 0 radical (unpaired) electrons. The Morgan fingerprint density at radius 2 is 1.65 bits per heavy atom. The normalized spacial score (nSPS) is 13.9. The third kappa shape index (κ3) is 4.49. The van der Waals surface area contributed by atoms with E-state index in [9.17, 15) is 13.2 Å². The Bertz CT molecular complexity index is 1220. The maximum Gasteiger partial charge on any atom is 0.407 e. The number of rotatable bonds is 5. The number of nitrogens with one attached hydrogen (secondary N) is 1. The van der Waals surface area contributed by atoms with Gasteiger partial charge in [-0.05, 0) is 52.9 Å². The van der Waals surface area contributed by atoms with Crippen molar-refractivity contribution in [3.63, 3.8) is 0 Å². The number of benzene rings is 3. The zero-order valence-corrected chi connectivity index (χ0v) is 19.7. The SMILES string of the molecule is C[C@@H](NC(=O)OCC1c2ccccc2-c2ccccc21)c1cc(S(=O)(=O)Cl)ccc1Br. The van der Waals surface area contributed by atoms with Gasteiger partial charge in [0.2, 0.25) is 0 Å². The largest absolute Gasteiger partial charge is 0.449 e. The Balaban J connectivity index is 1.47. The van der Waals surface area contributed by atoms with Crippen molar-refractivity contribution >= 4 is 41.8 Å². The van der Waals surface area contributed by atoms with Crippen molar-refractivity contribution in [2.24, 2.45) is 0 Å². The van der Waals surface area contributed by atoms with E-state index in [4.69, 9.17) is 15.4 Å². The zero-order chi connectivity index (χ0) is 22.2. The smallest absolute Gasteiger partial charge is 0.407 e. The molecule has 3 aromatic carbocycles. The highest BCUT2D eigenvalue weighted by Gasteiger charge is 2.29. The molecule has 1 amide bonds. The van der Waals surface area contributed by atoms with E-state index in [1.807, 2.05) is 24.3 Å². The Labute approximate surface area is 193 Å². The number of alkyl carbamates (subject to hydrolysis) is 1. The molecule has 8 heteroatoms. The lowest BCUT2D eigenvalue weighted by Crippen LogP contribution is -2.29. The molecule has 1 aliphatic rings. The van der Waals surface area contributed by atoms with Gasteiger partial charge in [0, 0.05) is 21.1 Å². The topological polar surface area (TPSA) is 72.5 Å². The van der Waals surface area contributed by atoms with Crippen molar-refractivity contribution in [1.29, 1.82) is 0 Å². The lowest BCUT2D eigenvalue weighted by atomic mass is 9.98. The molecule has 160 valence electrons. The van der Waals surface area contributed by atoms with Gasteiger partial charge in [0.05, 0.1) is 10.9 Å². The number of fused-ring (bicyclic) bond motifs is 3. The van der Waals surface area contributed by atoms with Crippen LogP contribution in [0.3, 0.4) is 0 Å². The van der Waals surface area contributed by atoms with Crippen molar-refractivity contribution < 1.29 is 17.9 Å². The fourth-order valence-electron chi connectivity index (χ4n) is 3.90. The van der Waals surface area contributed by atoms with Gasteiger partial charge < -0.3 is 10.1 Å². The highest BCUT2D eigenvalue weighted by atomic mass is 79.9. The molecule has 3 aromatic rings. The highest BCUT2D eigenvalue weighted by molar-refractivity contribution is 9.10. The van der Waals surface area contributed by atoms with Gasteiger partial charge in [-0.15, -0.1) is 0 Å². The van der Waals surface area contributed by atoms with E-state index in [1.54, 1.807) is 13.0 Å². The number of halogens is 2. The molecule has 0 bridgehead atoms. The van der Waals surface area contributed by atoms with Crippen LogP contribution in [0.1, 0.15) is 35.6 Å². The fraction of sp³-hybridized carbons (Fsp3) is 0.174. The maximum atomic E-state index is 12.5. The van der Waals surface area contributed by atoms with E-state index in [0.29, 0.717) is 10.0 Å². The standard InChI is InChI=1S/C23H19BrClNO4S/c1-14(20-12-15(31(25,28)29)10-11-22(20)24)26-23(27)30-13-21-18-8-4-2-6-16(18)17-7-3-5-9-19(17)21/h2-12,14,21H,13H2,1H3,(H,26,27)/t14-/m1/s1. The van der Waals surface area contributed by atoms with Crippen LogP contribution >= 0.6 is 26.6 Å². The van der Waals surface area contributed by atoms with E-state index < -0.39 is 21.2 Å². The van der Waals surface area contributed by atoms with Crippen molar-refractivity contribution in [1.82, 2.24) is 5.32 Å². The molecule has 1 atom stereocenters. The molecule has 0 aliphatic heterocycles. The fourth-order valence-corrected chi connectivity index (χ4v) is 5.28. The minimum atomic E-state index is -3.87. The first kappa shape index (κ1) is 21.9. The minimum absolute atomic E-state index is 0.0337. The molecule has 4 rings (SSSR count). The lowest BCUT2D eigenvalue weighted by Gasteiger charge is -2.18. The van der Waals surface area contributed by atoms with Crippen LogP contribution in [-0.4, -0.2) is 21.1 Å². The molecule has 0 aromatic heterocycles. The number of hydrogen-bond acceptors (Lipinski definition) is 4. The van der Waals surface area contributed by atoms with Crippen molar-refractivity contribution in [3.05, 3.63) is 87.9 Å². The molecular formula is C23H19BrClNO4S. The maximum absolute atomic E-state index is 12.5. The first-order chi connectivity index (χ1) is 14.8. The van der Waals surface area contributed by atoms with Gasteiger partial charge in [-0.25, -0.2) is 13.2 Å². The summed E-state index contributed by atoms with van der Waals surface area (Å²) in [5.41, 5.74) is 5.15. The van der Waals surface area contributed by atoms with Crippen molar-refractivity contribution in [3.8, 4) is 11.1 Å². The van der Waals surface area contributed by atoms with Crippen LogP contribution in [0.2, 0.25) is 0 Å². The summed E-state index contributed by atoms with van der Waals surface area (Å²) in [4.78, 5) is 12.5. The average Bonchev–Trinajstić information content (AvgIpc) is 3.05. The predicted molar refractivity (Wildman–Crippen MR) is 124 cm³/mol. The molecule has 0 saturated heterocycles. The van der Waals surface area contributed by atoms with Gasteiger partial charge in [-0.2, -0.15) is 0 Å². The molecule has 5 nitrogen and oxygen atoms in total. The van der Waals surface area contributed by atoms with Crippen molar-refractivity contribution in [2.75, 3.05) is 6.61 Å². The number of ether oxygens (including phenoxy) is 1. The zero-order valence-electron chi connectivity index (χ0n) is 16.5. The van der Waals surface area contributed by atoms with Crippen LogP contribution < -0.4 is 5.32 Å². The molecule has 0 spiro atoms. The molecule has 0 saturated carbocycles. The minimum Gasteiger partial charge on any atom is -0.449 e. The Morgan fingerprint density at radius 3 is 2.23 bits per heavy atom. The molecule has 0 fully saturated rings. The summed E-state index contributed by atoms with van der Waals surface area (Å²) in [6.45, 7) is 1.94. The van der Waals surface area contributed by atoms with Gasteiger partial charge >= 0.3 is 6.09 Å². The Morgan fingerprint density at radius 1 is 1.06 bits per heavy atom. The summed E-state index contributed by atoms with van der Waals surface area (Å²) in [7, 11) is 1.57. The summed E-state index contributed by atoms with van der Waals surface area (Å²) in [5, 5.41) is 2.76. The molecule has 0 heterocycles. The van der Waals surface area contributed by atoms with E-state index >= 15 is 0 Å². The number of hydrogen-bond donors (Lipinski definition) is 1. The first-order valence-corrected chi connectivity index (χ1v) is 12.7. The third-order valence-electron chi connectivity index (χ3n) is 5.39. The van der Waals surface area contributed by atoms with Crippen LogP contribution in [0.4, 0.5) is 4.79 Å². The van der Waals surface area contributed by atoms with Crippen molar-refractivity contribution in [2.45, 2.75) is 23.8 Å². The molecule has 0 unspecified atom stereocenters. The van der Waals surface area contributed by atoms with E-state index in [-0.39, 0.29) is 17.4 Å². The van der Waals surface area contributed by atoms with Crippen LogP contribution in [0, 0.1) is 0 Å². The molecular weight excluding hydrogens is 502 g/mol. The van der Waals surface area contributed by atoms with E-state index in [1.165, 1.54) is 12.1 Å². The van der Waals surface area contributed by atoms with Gasteiger partial charge in [0.1, 0.15) is 6.61 Å². The second-order valence-electron chi connectivity index (χ2n) is 7.31. The summed E-state index contributed by atoms with van der Waals surface area (Å²) >= 11 is 3.39. The second kappa shape index (κ2) is 8.65. The number of carbonyl (C=O) groups excluding carboxylic acids is 1. The van der Waals surface area contributed by atoms with Crippen LogP contribution in [0.5, 0.6) is 0 Å². The molecule has 31 heavy (non-hydrogen) atoms. The predicted octanol–water partition coefficient (Wildman–Crippen LogP) is 5.98. The quantitative estimate of drug-likeness (QED) is 0.420. The highest BCUT2D eigenvalue weighted by Crippen LogP contribution is 2.44. The summed E-state index contributed by atoms with van der Waals surface area (Å²) < 4.78 is 29.5. The lowest BCUT2D eigenvalue weighted by molar-refractivity contribution is 0.139. The van der Waals surface area contributed by atoms with Gasteiger partial charge in [-0.1, -0.05) is 64.5 Å². The van der Waals surface area contributed by atoms with E-state index in [0.717, 1.165) is 22.3 Å². The summed E-state index contributed by atoms with van der Waals surface area (Å²) in [6.07, 6.45) is -0.583. The third-order valence-corrected chi connectivity index (χ3v) is 7.47. The van der Waals surface area contributed by atoms with Crippen LogP contribution in [-0.2, 0) is 13.8 Å². The van der Waals surface area contributed by atoms with E-state index in [2.05, 4.69) is 45.5 Å². The second-order valence-corrected chi connectivity index (χ2v) is 10.7. The Hall–Kier alpha value is -2.35. The van der Waals surface area contributed by atoms with Crippen LogP contribution in [0.25, 0.3) is 11.1 Å². The van der Waals surface area contributed by atoms with Gasteiger partial charge in [-0.3, -0.25) is 0 Å². The first-order valence-electron chi connectivity index (χ1n) is 9.61. The molecule has 1 N–H and O–H groups in total. The number of amides is 1. The van der Waals surface area contributed by atoms with Gasteiger partial charge in [0.15, 0.2) is 0 Å². The monoisotopic (exact) mass is 519 g/mol. The van der Waals surface area contributed by atoms with Gasteiger partial charge in [0.25, 0.3) is 9.05 Å².